The predicted molar refractivity (Wildman–Crippen MR) is 61.8 cm³/mol. The summed E-state index contributed by atoms with van der Waals surface area (Å²) in [5, 5.41) is 6.37. The second kappa shape index (κ2) is 5.73. The van der Waals surface area contributed by atoms with E-state index in [1.165, 1.54) is 0 Å². The van der Waals surface area contributed by atoms with E-state index in [-0.39, 0.29) is 11.9 Å². The molecule has 1 atom stereocenters. The van der Waals surface area contributed by atoms with Crippen LogP contribution in [0.25, 0.3) is 0 Å². The smallest absolute Gasteiger partial charge is 0.237 e. The third-order valence-corrected chi connectivity index (χ3v) is 2.42. The van der Waals surface area contributed by atoms with Crippen molar-refractivity contribution in [3.63, 3.8) is 0 Å². The van der Waals surface area contributed by atoms with Crippen molar-refractivity contribution in [1.82, 2.24) is 10.6 Å². The fraction of sp³-hybridized carbons (Fsp3) is 0.364. The molecular formula is C11H15ClN2O. The Balaban J connectivity index is 2.47. The van der Waals surface area contributed by atoms with E-state index in [0.717, 1.165) is 5.56 Å². The zero-order valence-electron chi connectivity index (χ0n) is 8.88. The number of rotatable bonds is 4. The van der Waals surface area contributed by atoms with Crippen LogP contribution in [0.1, 0.15) is 12.5 Å². The van der Waals surface area contributed by atoms with Gasteiger partial charge in [0.25, 0.3) is 0 Å². The van der Waals surface area contributed by atoms with E-state index in [2.05, 4.69) is 10.6 Å². The first-order valence-electron chi connectivity index (χ1n) is 4.83. The van der Waals surface area contributed by atoms with Gasteiger partial charge in [-0.2, -0.15) is 0 Å². The molecule has 1 rings (SSSR count). The Bertz CT molecular complexity index is 341. The van der Waals surface area contributed by atoms with Crippen molar-refractivity contribution >= 4 is 17.5 Å². The fourth-order valence-electron chi connectivity index (χ4n) is 1.12. The Kier molecular flexibility index (Phi) is 4.59. The third kappa shape index (κ3) is 3.90. The number of carbonyl (C=O) groups excluding carboxylic acids is 1. The number of amides is 1. The lowest BCUT2D eigenvalue weighted by Gasteiger charge is -2.10. The van der Waals surface area contributed by atoms with Crippen LogP contribution in [-0.4, -0.2) is 19.0 Å². The van der Waals surface area contributed by atoms with Crippen molar-refractivity contribution in [2.75, 3.05) is 7.05 Å². The monoisotopic (exact) mass is 226 g/mol. The average molecular weight is 227 g/mol. The van der Waals surface area contributed by atoms with Crippen molar-refractivity contribution in [2.45, 2.75) is 19.5 Å². The zero-order chi connectivity index (χ0) is 11.3. The lowest BCUT2D eigenvalue weighted by Crippen LogP contribution is -2.39. The van der Waals surface area contributed by atoms with Gasteiger partial charge in [-0.25, -0.2) is 0 Å². The van der Waals surface area contributed by atoms with Gasteiger partial charge in [-0.1, -0.05) is 23.7 Å². The summed E-state index contributed by atoms with van der Waals surface area (Å²) in [6, 6.07) is 7.26. The van der Waals surface area contributed by atoms with Gasteiger partial charge in [0, 0.05) is 11.6 Å². The molecule has 0 saturated heterocycles. The highest BCUT2D eigenvalue weighted by atomic mass is 35.5. The summed E-state index contributed by atoms with van der Waals surface area (Å²) in [4.78, 5) is 11.4. The first kappa shape index (κ1) is 12.0. The number of hydrogen-bond acceptors (Lipinski definition) is 2. The number of nitrogens with one attached hydrogen (secondary N) is 2. The molecule has 0 saturated carbocycles. The largest absolute Gasteiger partial charge is 0.351 e. The summed E-state index contributed by atoms with van der Waals surface area (Å²) in [5.74, 6) is -0.0162. The van der Waals surface area contributed by atoms with Crippen LogP contribution in [0.2, 0.25) is 5.02 Å². The molecule has 15 heavy (non-hydrogen) atoms. The normalized spacial score (nSPS) is 12.2. The summed E-state index contributed by atoms with van der Waals surface area (Å²) < 4.78 is 0. The van der Waals surface area contributed by atoms with Gasteiger partial charge in [-0.15, -0.1) is 0 Å². The van der Waals surface area contributed by atoms with Crippen LogP contribution in [0.5, 0.6) is 0 Å². The molecule has 0 aliphatic rings. The highest BCUT2D eigenvalue weighted by Crippen LogP contribution is 2.10. The summed E-state index contributed by atoms with van der Waals surface area (Å²) >= 11 is 5.82. The van der Waals surface area contributed by atoms with E-state index in [1.807, 2.05) is 31.2 Å². The molecule has 0 radical (unpaired) electrons. The Morgan fingerprint density at radius 1 is 1.53 bits per heavy atom. The van der Waals surface area contributed by atoms with E-state index in [9.17, 15) is 4.79 Å². The molecule has 4 heteroatoms. The molecule has 1 aromatic rings. The SMILES string of the molecule is CNC(C)C(=O)NCc1cccc(Cl)c1. The first-order valence-corrected chi connectivity index (χ1v) is 5.20. The van der Waals surface area contributed by atoms with Gasteiger partial charge in [-0.05, 0) is 31.7 Å². The van der Waals surface area contributed by atoms with Gasteiger partial charge in [0.2, 0.25) is 5.91 Å². The molecule has 1 aromatic carbocycles. The van der Waals surface area contributed by atoms with Gasteiger partial charge in [0.05, 0.1) is 6.04 Å². The van der Waals surface area contributed by atoms with Crippen LogP contribution in [-0.2, 0) is 11.3 Å². The average Bonchev–Trinajstić information content (AvgIpc) is 2.25. The van der Waals surface area contributed by atoms with Crippen LogP contribution in [0.15, 0.2) is 24.3 Å². The summed E-state index contributed by atoms with van der Waals surface area (Å²) in [5.41, 5.74) is 0.999. The number of benzene rings is 1. The van der Waals surface area contributed by atoms with Gasteiger partial charge < -0.3 is 10.6 Å². The molecule has 0 aromatic heterocycles. The lowest BCUT2D eigenvalue weighted by molar-refractivity contribution is -0.122. The molecule has 82 valence electrons. The molecule has 0 aliphatic carbocycles. The standard InChI is InChI=1S/C11H15ClN2O/c1-8(13-2)11(15)14-7-9-4-3-5-10(12)6-9/h3-6,8,13H,7H2,1-2H3,(H,14,15). The molecule has 0 spiro atoms. The summed E-state index contributed by atoms with van der Waals surface area (Å²) in [7, 11) is 1.75. The zero-order valence-corrected chi connectivity index (χ0v) is 9.64. The minimum Gasteiger partial charge on any atom is -0.351 e. The number of likely N-dealkylation sites (N-methyl/N-ethyl adjacent to an activating group) is 1. The maximum atomic E-state index is 11.4. The van der Waals surface area contributed by atoms with Gasteiger partial charge in [-0.3, -0.25) is 4.79 Å². The van der Waals surface area contributed by atoms with E-state index in [4.69, 9.17) is 11.6 Å². The molecule has 0 bridgehead atoms. The second-order valence-electron chi connectivity index (χ2n) is 3.36. The Labute approximate surface area is 94.8 Å². The van der Waals surface area contributed by atoms with E-state index in [0.29, 0.717) is 11.6 Å². The third-order valence-electron chi connectivity index (χ3n) is 2.18. The van der Waals surface area contributed by atoms with Crippen LogP contribution >= 0.6 is 11.6 Å². The quantitative estimate of drug-likeness (QED) is 0.818. The maximum absolute atomic E-state index is 11.4. The van der Waals surface area contributed by atoms with Crippen molar-refractivity contribution in [1.29, 1.82) is 0 Å². The molecule has 0 heterocycles. The maximum Gasteiger partial charge on any atom is 0.237 e. The topological polar surface area (TPSA) is 41.1 Å². The Hall–Kier alpha value is -1.06. The Morgan fingerprint density at radius 3 is 2.87 bits per heavy atom. The van der Waals surface area contributed by atoms with Crippen LogP contribution in [0.4, 0.5) is 0 Å². The van der Waals surface area contributed by atoms with Crippen molar-refractivity contribution in [2.24, 2.45) is 0 Å². The summed E-state index contributed by atoms with van der Waals surface area (Å²) in [6.45, 7) is 2.32. The van der Waals surface area contributed by atoms with Crippen molar-refractivity contribution in [3.05, 3.63) is 34.9 Å². The van der Waals surface area contributed by atoms with Gasteiger partial charge in [0.1, 0.15) is 0 Å². The molecule has 1 amide bonds. The second-order valence-corrected chi connectivity index (χ2v) is 3.79. The first-order chi connectivity index (χ1) is 7.13. The molecule has 2 N–H and O–H groups in total. The van der Waals surface area contributed by atoms with Crippen LogP contribution in [0, 0.1) is 0 Å². The van der Waals surface area contributed by atoms with Gasteiger partial charge in [0.15, 0.2) is 0 Å². The van der Waals surface area contributed by atoms with Crippen molar-refractivity contribution < 1.29 is 4.79 Å². The lowest BCUT2D eigenvalue weighted by atomic mass is 10.2. The van der Waals surface area contributed by atoms with Gasteiger partial charge >= 0.3 is 0 Å². The number of hydrogen-bond donors (Lipinski definition) is 2. The van der Waals surface area contributed by atoms with E-state index < -0.39 is 0 Å². The minimum atomic E-state index is -0.177. The minimum absolute atomic E-state index is 0.0162. The Morgan fingerprint density at radius 2 is 2.27 bits per heavy atom. The number of halogens is 1. The van der Waals surface area contributed by atoms with E-state index >= 15 is 0 Å². The highest BCUT2D eigenvalue weighted by molar-refractivity contribution is 6.30. The van der Waals surface area contributed by atoms with E-state index in [1.54, 1.807) is 7.05 Å². The summed E-state index contributed by atoms with van der Waals surface area (Å²) in [6.07, 6.45) is 0. The fourth-order valence-corrected chi connectivity index (χ4v) is 1.33. The molecule has 0 aliphatic heterocycles. The molecule has 0 fully saturated rings. The molecule has 3 nitrogen and oxygen atoms in total. The molecule has 1 unspecified atom stereocenters. The van der Waals surface area contributed by atoms with Crippen molar-refractivity contribution in [3.8, 4) is 0 Å². The van der Waals surface area contributed by atoms with Crippen LogP contribution < -0.4 is 10.6 Å². The number of carbonyl (C=O) groups is 1. The van der Waals surface area contributed by atoms with Crippen LogP contribution in [0.3, 0.4) is 0 Å². The highest BCUT2D eigenvalue weighted by Gasteiger charge is 2.08. The predicted octanol–water partition coefficient (Wildman–Crippen LogP) is 1.56. The molecular weight excluding hydrogens is 212 g/mol.